The Morgan fingerprint density at radius 1 is 1.17 bits per heavy atom. The fraction of sp³-hybridized carbons (Fsp3) is 0.409. The average Bonchev–Trinajstić information content (AvgIpc) is 3.29. The molecule has 0 spiro atoms. The summed E-state index contributed by atoms with van der Waals surface area (Å²) in [6.45, 7) is 4.42. The SMILES string of the molecule is CCOCc1ccc(CNC(=O)c2cccc(S(=O)(=O)NCC3CCCO3)c2)cc1. The molecule has 162 valence electrons. The molecule has 2 aromatic rings. The van der Waals surface area contributed by atoms with E-state index in [0.29, 0.717) is 31.9 Å². The Bertz CT molecular complexity index is 938. The molecule has 1 unspecified atom stereocenters. The summed E-state index contributed by atoms with van der Waals surface area (Å²) in [7, 11) is -3.71. The van der Waals surface area contributed by atoms with Gasteiger partial charge in [0, 0.05) is 31.9 Å². The summed E-state index contributed by atoms with van der Waals surface area (Å²) in [5.41, 5.74) is 2.31. The van der Waals surface area contributed by atoms with Crippen molar-refractivity contribution >= 4 is 15.9 Å². The number of rotatable bonds is 10. The molecule has 1 aliphatic rings. The summed E-state index contributed by atoms with van der Waals surface area (Å²) in [5, 5.41) is 2.83. The zero-order chi connectivity index (χ0) is 21.4. The van der Waals surface area contributed by atoms with Crippen molar-refractivity contribution in [3.8, 4) is 0 Å². The molecular formula is C22H28N2O5S. The highest BCUT2D eigenvalue weighted by atomic mass is 32.2. The molecule has 1 aliphatic heterocycles. The van der Waals surface area contributed by atoms with Gasteiger partial charge in [0.2, 0.25) is 10.0 Å². The van der Waals surface area contributed by atoms with Crippen LogP contribution in [0.4, 0.5) is 0 Å². The summed E-state index contributed by atoms with van der Waals surface area (Å²) >= 11 is 0. The van der Waals surface area contributed by atoms with E-state index in [-0.39, 0.29) is 23.5 Å². The summed E-state index contributed by atoms with van der Waals surface area (Å²) in [6.07, 6.45) is 1.70. The van der Waals surface area contributed by atoms with Gasteiger partial charge in [-0.05, 0) is 49.1 Å². The Hall–Kier alpha value is -2.26. The summed E-state index contributed by atoms with van der Waals surface area (Å²) in [6, 6.07) is 13.8. The molecule has 1 amide bonds. The Morgan fingerprint density at radius 3 is 2.63 bits per heavy atom. The third-order valence-electron chi connectivity index (χ3n) is 4.88. The largest absolute Gasteiger partial charge is 0.377 e. The highest BCUT2D eigenvalue weighted by molar-refractivity contribution is 7.89. The first-order valence-corrected chi connectivity index (χ1v) is 11.6. The fourth-order valence-corrected chi connectivity index (χ4v) is 4.27. The highest BCUT2D eigenvalue weighted by Gasteiger charge is 2.21. The quantitative estimate of drug-likeness (QED) is 0.602. The number of benzene rings is 2. The smallest absolute Gasteiger partial charge is 0.251 e. The molecule has 1 heterocycles. The minimum absolute atomic E-state index is 0.0634. The number of carbonyl (C=O) groups is 1. The first kappa shape index (κ1) is 22.4. The maximum Gasteiger partial charge on any atom is 0.251 e. The van der Waals surface area contributed by atoms with E-state index in [2.05, 4.69) is 10.0 Å². The molecule has 7 nitrogen and oxygen atoms in total. The zero-order valence-electron chi connectivity index (χ0n) is 17.1. The number of amides is 1. The first-order chi connectivity index (χ1) is 14.5. The summed E-state index contributed by atoms with van der Waals surface area (Å²) in [5.74, 6) is -0.329. The van der Waals surface area contributed by atoms with E-state index in [9.17, 15) is 13.2 Å². The van der Waals surface area contributed by atoms with Gasteiger partial charge >= 0.3 is 0 Å². The van der Waals surface area contributed by atoms with Gasteiger partial charge in [-0.3, -0.25) is 4.79 Å². The van der Waals surface area contributed by atoms with E-state index in [1.807, 2.05) is 31.2 Å². The molecule has 0 aromatic heterocycles. The van der Waals surface area contributed by atoms with Crippen LogP contribution in [0.5, 0.6) is 0 Å². The molecule has 0 radical (unpaired) electrons. The van der Waals surface area contributed by atoms with Gasteiger partial charge in [-0.1, -0.05) is 30.3 Å². The minimum atomic E-state index is -3.71. The maximum atomic E-state index is 12.5. The van der Waals surface area contributed by atoms with Gasteiger partial charge in [-0.2, -0.15) is 0 Å². The molecule has 3 rings (SSSR count). The third-order valence-corrected chi connectivity index (χ3v) is 6.30. The predicted octanol–water partition coefficient (Wildman–Crippen LogP) is 2.61. The Morgan fingerprint density at radius 2 is 1.93 bits per heavy atom. The number of hydrogen-bond donors (Lipinski definition) is 2. The van der Waals surface area contributed by atoms with Gasteiger partial charge in [0.15, 0.2) is 0 Å². The second-order valence-corrected chi connectivity index (χ2v) is 8.92. The van der Waals surface area contributed by atoms with Crippen LogP contribution in [0.15, 0.2) is 53.4 Å². The van der Waals surface area contributed by atoms with Crippen LogP contribution in [0, 0.1) is 0 Å². The maximum absolute atomic E-state index is 12.5. The summed E-state index contributed by atoms with van der Waals surface area (Å²) < 4.78 is 38.5. The lowest BCUT2D eigenvalue weighted by molar-refractivity contribution is 0.0950. The van der Waals surface area contributed by atoms with Crippen LogP contribution in [-0.4, -0.2) is 40.2 Å². The minimum Gasteiger partial charge on any atom is -0.377 e. The second-order valence-electron chi connectivity index (χ2n) is 7.15. The van der Waals surface area contributed by atoms with E-state index in [1.165, 1.54) is 12.1 Å². The lowest BCUT2D eigenvalue weighted by Gasteiger charge is -2.12. The van der Waals surface area contributed by atoms with Crippen molar-refractivity contribution in [2.75, 3.05) is 19.8 Å². The molecule has 1 saturated heterocycles. The van der Waals surface area contributed by atoms with Crippen molar-refractivity contribution in [3.63, 3.8) is 0 Å². The van der Waals surface area contributed by atoms with Gasteiger partial charge in [0.25, 0.3) is 5.91 Å². The normalized spacial score (nSPS) is 16.5. The molecule has 30 heavy (non-hydrogen) atoms. The molecular weight excluding hydrogens is 404 g/mol. The van der Waals surface area contributed by atoms with E-state index >= 15 is 0 Å². The third kappa shape index (κ3) is 6.37. The molecule has 2 aromatic carbocycles. The van der Waals surface area contributed by atoms with Gasteiger partial charge in [0.05, 0.1) is 17.6 Å². The van der Waals surface area contributed by atoms with Crippen LogP contribution in [0.1, 0.15) is 41.3 Å². The van der Waals surface area contributed by atoms with Crippen LogP contribution in [0.2, 0.25) is 0 Å². The Balaban J connectivity index is 1.57. The zero-order valence-corrected chi connectivity index (χ0v) is 17.9. The van der Waals surface area contributed by atoms with Crippen molar-refractivity contribution in [2.45, 2.75) is 43.9 Å². The average molecular weight is 433 g/mol. The van der Waals surface area contributed by atoms with Crippen LogP contribution < -0.4 is 10.0 Å². The van der Waals surface area contributed by atoms with E-state index in [0.717, 1.165) is 24.0 Å². The first-order valence-electron chi connectivity index (χ1n) is 10.1. The van der Waals surface area contributed by atoms with Gasteiger partial charge in [0.1, 0.15) is 0 Å². The van der Waals surface area contributed by atoms with Crippen LogP contribution in [0.25, 0.3) is 0 Å². The number of ether oxygens (including phenoxy) is 2. The second kappa shape index (κ2) is 10.7. The lowest BCUT2D eigenvalue weighted by Crippen LogP contribution is -2.32. The van der Waals surface area contributed by atoms with E-state index in [4.69, 9.17) is 9.47 Å². The molecule has 1 fully saturated rings. The molecule has 0 saturated carbocycles. The van der Waals surface area contributed by atoms with E-state index < -0.39 is 10.0 Å². The fourth-order valence-electron chi connectivity index (χ4n) is 3.15. The molecule has 0 aliphatic carbocycles. The number of carbonyl (C=O) groups excluding carboxylic acids is 1. The number of hydrogen-bond acceptors (Lipinski definition) is 5. The number of sulfonamides is 1. The molecule has 8 heteroatoms. The van der Waals surface area contributed by atoms with Gasteiger partial charge in [-0.25, -0.2) is 13.1 Å². The molecule has 2 N–H and O–H groups in total. The lowest BCUT2D eigenvalue weighted by atomic mass is 10.1. The van der Waals surface area contributed by atoms with Crippen LogP contribution in [-0.2, 0) is 32.6 Å². The van der Waals surface area contributed by atoms with Crippen molar-refractivity contribution in [1.82, 2.24) is 10.0 Å². The van der Waals surface area contributed by atoms with Gasteiger partial charge in [-0.15, -0.1) is 0 Å². The number of nitrogens with one attached hydrogen (secondary N) is 2. The van der Waals surface area contributed by atoms with Gasteiger partial charge < -0.3 is 14.8 Å². The van der Waals surface area contributed by atoms with Crippen molar-refractivity contribution in [3.05, 3.63) is 65.2 Å². The van der Waals surface area contributed by atoms with Crippen LogP contribution >= 0.6 is 0 Å². The monoisotopic (exact) mass is 432 g/mol. The summed E-state index contributed by atoms with van der Waals surface area (Å²) in [4.78, 5) is 12.6. The van der Waals surface area contributed by atoms with E-state index in [1.54, 1.807) is 12.1 Å². The Labute approximate surface area is 177 Å². The standard InChI is InChI=1S/C22H28N2O5S/c1-2-28-16-18-10-8-17(9-11-18)14-23-22(25)19-5-3-7-21(13-19)30(26,27)24-15-20-6-4-12-29-20/h3,5,7-11,13,20,24H,2,4,6,12,14-16H2,1H3,(H,23,25). The molecule has 0 bridgehead atoms. The van der Waals surface area contributed by atoms with Crippen molar-refractivity contribution in [1.29, 1.82) is 0 Å². The highest BCUT2D eigenvalue weighted by Crippen LogP contribution is 2.15. The Kier molecular flexibility index (Phi) is 7.98. The van der Waals surface area contributed by atoms with Crippen molar-refractivity contribution < 1.29 is 22.7 Å². The topological polar surface area (TPSA) is 93.7 Å². The molecule has 1 atom stereocenters. The predicted molar refractivity (Wildman–Crippen MR) is 114 cm³/mol. The van der Waals surface area contributed by atoms with Crippen molar-refractivity contribution in [2.24, 2.45) is 0 Å². The van der Waals surface area contributed by atoms with Crippen LogP contribution in [0.3, 0.4) is 0 Å².